The maximum atomic E-state index is 12.8. The molecule has 1 atom stereocenters. The molecule has 0 saturated heterocycles. The summed E-state index contributed by atoms with van der Waals surface area (Å²) in [4.78, 5) is 26.8. The first-order chi connectivity index (χ1) is 14.6. The van der Waals surface area contributed by atoms with Gasteiger partial charge in [-0.1, -0.05) is 42.5 Å². The van der Waals surface area contributed by atoms with Crippen LogP contribution in [0.1, 0.15) is 39.6 Å². The number of hydrogen-bond acceptors (Lipinski definition) is 4. The fourth-order valence-corrected chi connectivity index (χ4v) is 3.61. The Balaban J connectivity index is 1.54. The van der Waals surface area contributed by atoms with Crippen LogP contribution >= 0.6 is 0 Å². The van der Waals surface area contributed by atoms with Gasteiger partial charge in [0, 0.05) is 6.07 Å². The summed E-state index contributed by atoms with van der Waals surface area (Å²) in [6, 6.07) is 22.2. The van der Waals surface area contributed by atoms with E-state index in [1.807, 2.05) is 25.1 Å². The molecule has 1 aliphatic heterocycles. The Morgan fingerprint density at radius 1 is 0.833 bits per heavy atom. The monoisotopic (exact) mass is 401 g/mol. The van der Waals surface area contributed by atoms with E-state index in [0.29, 0.717) is 28.3 Å². The lowest BCUT2D eigenvalue weighted by molar-refractivity contribution is 0.0926. The highest BCUT2D eigenvalue weighted by Gasteiger charge is 2.36. The number of aryl methyl sites for hydroxylation is 1. The van der Waals surface area contributed by atoms with Gasteiger partial charge in [0.1, 0.15) is 0 Å². The third-order valence-corrected chi connectivity index (χ3v) is 5.21. The second kappa shape index (κ2) is 8.41. The maximum Gasteiger partial charge on any atom is 0.266 e. The van der Waals surface area contributed by atoms with Gasteiger partial charge < -0.3 is 9.47 Å². The van der Waals surface area contributed by atoms with Gasteiger partial charge in [-0.25, -0.2) is 4.90 Å². The van der Waals surface area contributed by atoms with Crippen LogP contribution in [0.4, 0.5) is 5.69 Å². The summed E-state index contributed by atoms with van der Waals surface area (Å²) in [6.07, 6.45) is 1.64. The second-order valence-electron chi connectivity index (χ2n) is 7.28. The number of anilines is 1. The Bertz CT molecular complexity index is 1040. The number of hydrogen-bond donors (Lipinski definition) is 0. The van der Waals surface area contributed by atoms with Crippen LogP contribution in [-0.4, -0.2) is 25.0 Å². The number of methoxy groups -OCH3 is 1. The molecule has 0 bridgehead atoms. The number of benzene rings is 3. The molecular formula is C25H23NO4. The van der Waals surface area contributed by atoms with Crippen LogP contribution < -0.4 is 14.4 Å². The van der Waals surface area contributed by atoms with Crippen molar-refractivity contribution in [1.82, 2.24) is 0 Å². The van der Waals surface area contributed by atoms with Crippen molar-refractivity contribution in [3.05, 3.63) is 89.5 Å². The van der Waals surface area contributed by atoms with Crippen LogP contribution in [0.15, 0.2) is 72.8 Å². The van der Waals surface area contributed by atoms with Gasteiger partial charge in [-0.3, -0.25) is 9.59 Å². The molecule has 0 saturated carbocycles. The summed E-state index contributed by atoms with van der Waals surface area (Å²) in [5, 5.41) is 0. The van der Waals surface area contributed by atoms with Gasteiger partial charge in [-0.2, -0.15) is 0 Å². The number of carbonyl (C=O) groups is 2. The smallest absolute Gasteiger partial charge is 0.266 e. The highest BCUT2D eigenvalue weighted by molar-refractivity contribution is 6.34. The minimum atomic E-state index is -0.330. The zero-order chi connectivity index (χ0) is 21.1. The first-order valence-corrected chi connectivity index (χ1v) is 9.95. The van der Waals surface area contributed by atoms with Gasteiger partial charge in [0.05, 0.1) is 30.0 Å². The van der Waals surface area contributed by atoms with Gasteiger partial charge in [-0.05, 0) is 49.6 Å². The molecule has 152 valence electrons. The SMILES string of the molecule is COc1ccc(N2C(=O)c3ccccc3C2=O)cc1OC(C)CCc1ccccc1. The van der Waals surface area contributed by atoms with E-state index < -0.39 is 0 Å². The van der Waals surface area contributed by atoms with E-state index in [1.165, 1.54) is 10.5 Å². The summed E-state index contributed by atoms with van der Waals surface area (Å²) >= 11 is 0. The third kappa shape index (κ3) is 3.79. The quantitative estimate of drug-likeness (QED) is 0.529. The number of fused-ring (bicyclic) bond motifs is 1. The molecule has 1 unspecified atom stereocenters. The Morgan fingerprint density at radius 3 is 2.10 bits per heavy atom. The second-order valence-corrected chi connectivity index (χ2v) is 7.28. The van der Waals surface area contributed by atoms with E-state index in [2.05, 4.69) is 12.1 Å². The Labute approximate surface area is 175 Å². The van der Waals surface area contributed by atoms with Crippen molar-refractivity contribution in [2.75, 3.05) is 12.0 Å². The zero-order valence-corrected chi connectivity index (χ0v) is 17.0. The molecule has 5 heteroatoms. The number of imide groups is 1. The summed E-state index contributed by atoms with van der Waals surface area (Å²) in [5.74, 6) is 0.404. The number of nitrogens with zero attached hydrogens (tertiary/aromatic N) is 1. The Kier molecular flexibility index (Phi) is 5.53. The van der Waals surface area contributed by atoms with Crippen LogP contribution in [-0.2, 0) is 6.42 Å². The van der Waals surface area contributed by atoms with Crippen molar-refractivity contribution in [3.63, 3.8) is 0 Å². The van der Waals surface area contributed by atoms with Crippen molar-refractivity contribution < 1.29 is 19.1 Å². The molecule has 30 heavy (non-hydrogen) atoms. The summed E-state index contributed by atoms with van der Waals surface area (Å²) in [7, 11) is 1.57. The van der Waals surface area contributed by atoms with Gasteiger partial charge in [-0.15, -0.1) is 0 Å². The Hall–Kier alpha value is -3.60. The lowest BCUT2D eigenvalue weighted by Crippen LogP contribution is -2.29. The summed E-state index contributed by atoms with van der Waals surface area (Å²) in [6.45, 7) is 2.00. The molecule has 4 rings (SSSR count). The van der Waals surface area contributed by atoms with E-state index in [1.54, 1.807) is 49.6 Å². The number of carbonyl (C=O) groups excluding carboxylic acids is 2. The van der Waals surface area contributed by atoms with E-state index in [9.17, 15) is 9.59 Å². The molecule has 3 aromatic rings. The number of ether oxygens (including phenoxy) is 2. The normalized spacial score (nSPS) is 13.9. The van der Waals surface area contributed by atoms with Crippen LogP contribution in [0.5, 0.6) is 11.5 Å². The van der Waals surface area contributed by atoms with Crippen molar-refractivity contribution >= 4 is 17.5 Å². The van der Waals surface area contributed by atoms with Crippen LogP contribution in [0.25, 0.3) is 0 Å². The fraction of sp³-hybridized carbons (Fsp3) is 0.200. The highest BCUT2D eigenvalue weighted by atomic mass is 16.5. The molecule has 1 aliphatic rings. The minimum Gasteiger partial charge on any atom is -0.493 e. The van der Waals surface area contributed by atoms with Crippen molar-refractivity contribution in [3.8, 4) is 11.5 Å². The van der Waals surface area contributed by atoms with Crippen LogP contribution in [0, 0.1) is 0 Å². The van der Waals surface area contributed by atoms with E-state index >= 15 is 0 Å². The van der Waals surface area contributed by atoms with Crippen LogP contribution in [0.3, 0.4) is 0 Å². The predicted molar refractivity (Wildman–Crippen MR) is 115 cm³/mol. The van der Waals surface area contributed by atoms with E-state index in [-0.39, 0.29) is 17.9 Å². The molecule has 2 amide bonds. The van der Waals surface area contributed by atoms with E-state index in [4.69, 9.17) is 9.47 Å². The van der Waals surface area contributed by atoms with Gasteiger partial charge >= 0.3 is 0 Å². The predicted octanol–water partition coefficient (Wildman–Crippen LogP) is 4.90. The molecule has 0 aromatic heterocycles. The topological polar surface area (TPSA) is 55.8 Å². The maximum absolute atomic E-state index is 12.8. The van der Waals surface area contributed by atoms with Crippen molar-refractivity contribution in [2.45, 2.75) is 25.9 Å². The van der Waals surface area contributed by atoms with Gasteiger partial charge in [0.15, 0.2) is 11.5 Å². The lowest BCUT2D eigenvalue weighted by atomic mass is 10.1. The Morgan fingerprint density at radius 2 is 1.47 bits per heavy atom. The average molecular weight is 401 g/mol. The molecule has 0 aliphatic carbocycles. The standard InChI is InChI=1S/C25H23NO4/c1-17(12-13-18-8-4-3-5-9-18)30-23-16-19(14-15-22(23)29-2)26-24(27)20-10-6-7-11-21(20)25(26)28/h3-11,14-17H,12-13H2,1-2H3. The molecule has 0 N–H and O–H groups in total. The molecule has 0 fully saturated rings. The molecule has 3 aromatic carbocycles. The molecule has 5 nitrogen and oxygen atoms in total. The molecule has 0 spiro atoms. The third-order valence-electron chi connectivity index (χ3n) is 5.21. The van der Waals surface area contributed by atoms with Crippen molar-refractivity contribution in [1.29, 1.82) is 0 Å². The lowest BCUT2D eigenvalue weighted by Gasteiger charge is -2.20. The fourth-order valence-electron chi connectivity index (χ4n) is 3.61. The largest absolute Gasteiger partial charge is 0.493 e. The summed E-state index contributed by atoms with van der Waals surface area (Å²) < 4.78 is 11.6. The van der Waals surface area contributed by atoms with Crippen molar-refractivity contribution in [2.24, 2.45) is 0 Å². The molecule has 1 heterocycles. The zero-order valence-electron chi connectivity index (χ0n) is 17.0. The van der Waals surface area contributed by atoms with Gasteiger partial charge in [0.25, 0.3) is 11.8 Å². The minimum absolute atomic E-state index is 0.0727. The summed E-state index contributed by atoms with van der Waals surface area (Å²) in [5.41, 5.74) is 2.54. The number of amides is 2. The molecule has 0 radical (unpaired) electrons. The average Bonchev–Trinajstić information content (AvgIpc) is 3.03. The molecular weight excluding hydrogens is 378 g/mol. The van der Waals surface area contributed by atoms with Crippen LogP contribution in [0.2, 0.25) is 0 Å². The first kappa shape index (κ1) is 19.7. The van der Waals surface area contributed by atoms with E-state index in [0.717, 1.165) is 12.8 Å². The number of rotatable bonds is 7. The first-order valence-electron chi connectivity index (χ1n) is 9.95. The van der Waals surface area contributed by atoms with Gasteiger partial charge in [0.2, 0.25) is 0 Å². The highest BCUT2D eigenvalue weighted by Crippen LogP contribution is 2.36.